The number of alkyl halides is 5. The van der Waals surface area contributed by atoms with Gasteiger partial charge >= 0.3 is 12.1 Å². The molecule has 10 nitrogen and oxygen atoms in total. The number of carboxylic acids is 1. The highest BCUT2D eigenvalue weighted by Crippen LogP contribution is 2.27. The Morgan fingerprint density at radius 2 is 1.71 bits per heavy atom. The molecule has 188 valence electrons. The highest BCUT2D eigenvalue weighted by Gasteiger charge is 2.38. The Morgan fingerprint density at radius 1 is 1.11 bits per heavy atom. The fourth-order valence-electron chi connectivity index (χ4n) is 2.68. The molecule has 1 amide bonds. The van der Waals surface area contributed by atoms with Gasteiger partial charge in [-0.3, -0.25) is 18.8 Å². The van der Waals surface area contributed by atoms with Crippen LogP contribution in [0.5, 0.6) is 0 Å². The molecule has 15 heteroatoms. The maximum atomic E-state index is 14.3. The third-order valence-electron chi connectivity index (χ3n) is 4.29. The quantitative estimate of drug-likeness (QED) is 0.419. The fourth-order valence-corrected chi connectivity index (χ4v) is 2.68. The van der Waals surface area contributed by atoms with Crippen LogP contribution < -0.4 is 16.6 Å². The zero-order valence-corrected chi connectivity index (χ0v) is 18.0. The van der Waals surface area contributed by atoms with E-state index in [4.69, 9.17) is 15.6 Å². The monoisotopic (exact) mass is 502 g/mol. The number of aliphatic carboxylic acids is 1. The number of carbonyl (C=O) groups excluding carboxylic acids is 1. The number of aryl methyl sites for hydroxylation is 1. The lowest BCUT2D eigenvalue weighted by Gasteiger charge is -2.18. The second kappa shape index (κ2) is 10.8. The van der Waals surface area contributed by atoms with E-state index in [0.717, 1.165) is 4.57 Å². The highest BCUT2D eigenvalue weighted by molar-refractivity contribution is 5.75. The van der Waals surface area contributed by atoms with Gasteiger partial charge in [0.25, 0.3) is 11.5 Å². The third kappa shape index (κ3) is 7.35. The number of anilines is 1. The van der Waals surface area contributed by atoms with E-state index < -0.39 is 42.6 Å². The Morgan fingerprint density at radius 3 is 2.20 bits per heavy atom. The molecule has 3 aromatic rings. The Labute approximate surface area is 193 Å². The van der Waals surface area contributed by atoms with Crippen molar-refractivity contribution in [1.29, 1.82) is 0 Å². The second-order valence-corrected chi connectivity index (χ2v) is 6.98. The van der Waals surface area contributed by atoms with Crippen molar-refractivity contribution in [2.45, 2.75) is 18.6 Å². The van der Waals surface area contributed by atoms with Crippen LogP contribution in [0.25, 0.3) is 11.3 Å². The van der Waals surface area contributed by atoms with Gasteiger partial charge in [0.1, 0.15) is 6.54 Å². The number of benzene rings is 1. The zero-order chi connectivity index (χ0) is 26.4. The van der Waals surface area contributed by atoms with Crippen LogP contribution in [0.4, 0.5) is 27.8 Å². The minimum atomic E-state index is -5.08. The Kier molecular flexibility index (Phi) is 8.28. The van der Waals surface area contributed by atoms with Gasteiger partial charge in [0.05, 0.1) is 24.6 Å². The molecule has 0 aliphatic rings. The van der Waals surface area contributed by atoms with Gasteiger partial charge in [0.15, 0.2) is 5.82 Å². The number of carbonyl (C=O) groups is 2. The maximum absolute atomic E-state index is 14.3. The summed E-state index contributed by atoms with van der Waals surface area (Å²) >= 11 is 0. The van der Waals surface area contributed by atoms with E-state index in [1.807, 2.05) is 0 Å². The summed E-state index contributed by atoms with van der Waals surface area (Å²) in [7, 11) is 1.69. The van der Waals surface area contributed by atoms with Gasteiger partial charge in [0, 0.05) is 24.4 Å². The molecule has 0 unspecified atom stereocenters. The summed E-state index contributed by atoms with van der Waals surface area (Å²) in [6.45, 7) is -1.25. The van der Waals surface area contributed by atoms with E-state index in [0.29, 0.717) is 11.3 Å². The van der Waals surface area contributed by atoms with Crippen molar-refractivity contribution in [3.63, 3.8) is 0 Å². The summed E-state index contributed by atoms with van der Waals surface area (Å²) in [6.07, 6.45) is -0.653. The summed E-state index contributed by atoms with van der Waals surface area (Å²) in [5, 5.41) is 13.5. The van der Waals surface area contributed by atoms with Crippen LogP contribution >= 0.6 is 0 Å². The lowest BCUT2D eigenvalue weighted by Crippen LogP contribution is -2.33. The van der Waals surface area contributed by atoms with Gasteiger partial charge < -0.3 is 16.2 Å². The van der Waals surface area contributed by atoms with Gasteiger partial charge in [-0.05, 0) is 0 Å². The average molecular weight is 502 g/mol. The minimum absolute atomic E-state index is 0.188. The number of hydrogen-bond donors (Lipinski definition) is 3. The van der Waals surface area contributed by atoms with Crippen LogP contribution in [0.15, 0.2) is 53.7 Å². The standard InChI is InChI=1S/C18H18F2N6O2.C2HF3O2/c1-25-9-12(7-24-25)14-8-22-16(17(28)26(14)10-15(21)27)23-11-18(19,20)13-5-3-2-4-6-13;3-2(4,5)1(6)7/h2-9H,10-11H2,1H3,(H2,21,27)(H,22,23);(H,6,7). The van der Waals surface area contributed by atoms with Crippen molar-refractivity contribution in [2.75, 3.05) is 11.9 Å². The number of primary amides is 1. The van der Waals surface area contributed by atoms with E-state index >= 15 is 0 Å². The molecule has 0 saturated carbocycles. The van der Waals surface area contributed by atoms with Gasteiger partial charge in [0.2, 0.25) is 5.91 Å². The highest BCUT2D eigenvalue weighted by atomic mass is 19.4. The molecule has 0 radical (unpaired) electrons. The first kappa shape index (κ1) is 26.9. The van der Waals surface area contributed by atoms with Crippen LogP contribution in [0, 0.1) is 0 Å². The smallest absolute Gasteiger partial charge is 0.475 e. The normalized spacial score (nSPS) is 11.4. The van der Waals surface area contributed by atoms with E-state index in [1.54, 1.807) is 19.3 Å². The minimum Gasteiger partial charge on any atom is -0.475 e. The molecule has 0 bridgehead atoms. The lowest BCUT2D eigenvalue weighted by molar-refractivity contribution is -0.192. The fraction of sp³-hybridized carbons (Fsp3) is 0.250. The topological polar surface area (TPSA) is 145 Å². The molecule has 0 aliphatic heterocycles. The Hall–Kier alpha value is -4.30. The Bertz CT molecular complexity index is 1240. The zero-order valence-electron chi connectivity index (χ0n) is 18.0. The van der Waals surface area contributed by atoms with Crippen molar-refractivity contribution in [3.05, 3.63) is 64.8 Å². The van der Waals surface area contributed by atoms with Crippen LogP contribution in [-0.2, 0) is 29.1 Å². The summed E-state index contributed by atoms with van der Waals surface area (Å²) < 4.78 is 63.0. The van der Waals surface area contributed by atoms with Crippen molar-refractivity contribution >= 4 is 17.7 Å². The molecule has 35 heavy (non-hydrogen) atoms. The van der Waals surface area contributed by atoms with Crippen molar-refractivity contribution < 1.29 is 36.6 Å². The van der Waals surface area contributed by atoms with Crippen LogP contribution in [0.2, 0.25) is 0 Å². The summed E-state index contributed by atoms with van der Waals surface area (Å²) in [4.78, 5) is 37.0. The predicted octanol–water partition coefficient (Wildman–Crippen LogP) is 1.97. The molecule has 2 heterocycles. The van der Waals surface area contributed by atoms with Crippen molar-refractivity contribution in [3.8, 4) is 11.3 Å². The van der Waals surface area contributed by atoms with Crippen LogP contribution in [0.3, 0.4) is 0 Å². The number of amides is 1. The molecule has 0 spiro atoms. The maximum Gasteiger partial charge on any atom is 0.490 e. The molecule has 1 aromatic carbocycles. The molecule has 2 aromatic heterocycles. The molecule has 0 saturated heterocycles. The van der Waals surface area contributed by atoms with Gasteiger partial charge in [-0.1, -0.05) is 30.3 Å². The van der Waals surface area contributed by atoms with Crippen LogP contribution in [-0.4, -0.2) is 49.0 Å². The van der Waals surface area contributed by atoms with Gasteiger partial charge in [-0.15, -0.1) is 0 Å². The van der Waals surface area contributed by atoms with Gasteiger partial charge in [-0.25, -0.2) is 9.78 Å². The van der Waals surface area contributed by atoms with E-state index in [2.05, 4.69) is 15.4 Å². The third-order valence-corrected chi connectivity index (χ3v) is 4.29. The predicted molar refractivity (Wildman–Crippen MR) is 112 cm³/mol. The molecule has 0 fully saturated rings. The number of nitrogens with one attached hydrogen (secondary N) is 1. The van der Waals surface area contributed by atoms with Gasteiger partial charge in [-0.2, -0.15) is 27.1 Å². The summed E-state index contributed by atoms with van der Waals surface area (Å²) in [5.41, 5.74) is 5.15. The van der Waals surface area contributed by atoms with E-state index in [9.17, 15) is 31.5 Å². The number of halogens is 5. The first-order chi connectivity index (χ1) is 16.2. The molecular formula is C20H19F5N6O4. The van der Waals surface area contributed by atoms with E-state index in [1.165, 1.54) is 41.3 Å². The lowest BCUT2D eigenvalue weighted by atomic mass is 10.1. The largest absolute Gasteiger partial charge is 0.490 e. The molecule has 0 aliphatic carbocycles. The molecule has 3 rings (SSSR count). The molecular weight excluding hydrogens is 483 g/mol. The number of rotatable bonds is 7. The first-order valence-corrected chi connectivity index (χ1v) is 9.57. The first-order valence-electron chi connectivity index (χ1n) is 9.57. The summed E-state index contributed by atoms with van der Waals surface area (Å²) in [5.74, 6) is -7.03. The molecule has 4 N–H and O–H groups in total. The summed E-state index contributed by atoms with van der Waals surface area (Å²) in [6, 6.07) is 7.24. The number of nitrogens with zero attached hydrogens (tertiary/aromatic N) is 4. The second-order valence-electron chi connectivity index (χ2n) is 6.98. The number of hydrogen-bond acceptors (Lipinski definition) is 6. The number of nitrogens with two attached hydrogens (primary N) is 1. The van der Waals surface area contributed by atoms with E-state index in [-0.39, 0.29) is 11.4 Å². The number of carboxylic acid groups (broad SMARTS) is 1. The van der Waals surface area contributed by atoms with Crippen LogP contribution in [0.1, 0.15) is 5.56 Å². The molecule has 0 atom stereocenters. The Balaban J connectivity index is 0.000000540. The average Bonchev–Trinajstić information content (AvgIpc) is 3.20. The van der Waals surface area contributed by atoms with Crippen molar-refractivity contribution in [1.82, 2.24) is 19.3 Å². The number of aromatic nitrogens is 4. The SMILES string of the molecule is Cn1cc(-c2cnc(NCC(F)(F)c3ccccc3)c(=O)n2CC(N)=O)cn1.O=C(O)C(F)(F)F. The van der Waals surface area contributed by atoms with Crippen molar-refractivity contribution in [2.24, 2.45) is 12.8 Å².